The van der Waals surface area contributed by atoms with Gasteiger partial charge in [-0.1, -0.05) is 6.92 Å². The number of halogens is 3. The summed E-state index contributed by atoms with van der Waals surface area (Å²) >= 11 is 1.47. The molecule has 6 heteroatoms. The van der Waals surface area contributed by atoms with E-state index >= 15 is 0 Å². The highest BCUT2D eigenvalue weighted by molar-refractivity contribution is 7.10. The smallest absolute Gasteiger partial charge is 0.273 e. The molecular formula is C11H11F3N2S. The van der Waals surface area contributed by atoms with Crippen molar-refractivity contribution in [1.29, 1.82) is 0 Å². The minimum Gasteiger partial charge on any atom is -0.273 e. The van der Waals surface area contributed by atoms with Gasteiger partial charge in [-0.15, -0.1) is 11.3 Å². The van der Waals surface area contributed by atoms with Gasteiger partial charge in [0.25, 0.3) is 0 Å². The Bertz CT molecular complexity index is 513. The Morgan fingerprint density at radius 1 is 1.41 bits per heavy atom. The van der Waals surface area contributed by atoms with Crippen LogP contribution in [0.5, 0.6) is 0 Å². The first-order chi connectivity index (χ1) is 7.91. The Labute approximate surface area is 100 Å². The zero-order valence-electron chi connectivity index (χ0n) is 9.30. The van der Waals surface area contributed by atoms with Crippen LogP contribution in [-0.4, -0.2) is 10.2 Å². The lowest BCUT2D eigenvalue weighted by Gasteiger charge is -2.13. The van der Waals surface area contributed by atoms with Crippen molar-refractivity contribution in [3.63, 3.8) is 0 Å². The number of alkyl halides is 3. The van der Waals surface area contributed by atoms with E-state index in [1.165, 1.54) is 17.5 Å². The highest BCUT2D eigenvalue weighted by Gasteiger charge is 2.37. The third-order valence-electron chi connectivity index (χ3n) is 2.71. The fourth-order valence-corrected chi connectivity index (χ4v) is 2.82. The summed E-state index contributed by atoms with van der Waals surface area (Å²) in [5, 5.41) is 7.43. The zero-order chi connectivity index (χ0) is 12.6. The number of H-pyrrole nitrogens is 1. The van der Waals surface area contributed by atoms with Crippen molar-refractivity contribution in [2.75, 3.05) is 0 Å². The van der Waals surface area contributed by atoms with Gasteiger partial charge in [0.2, 0.25) is 0 Å². The molecule has 2 heterocycles. The summed E-state index contributed by atoms with van der Waals surface area (Å²) in [6, 6.07) is 1.91. The molecule has 1 N–H and O–H groups in total. The third kappa shape index (κ3) is 2.22. The standard InChI is InChI=1S/C11H11F3N2S/c1-6-3-4-17-9(6)7(2)8-5-15-16-10(8)11(12,13)14/h3-5,7H,1-2H3,(H,15,16). The molecule has 1 unspecified atom stereocenters. The minimum absolute atomic E-state index is 0.197. The van der Waals surface area contributed by atoms with Gasteiger partial charge in [-0.2, -0.15) is 18.3 Å². The zero-order valence-corrected chi connectivity index (χ0v) is 10.1. The molecule has 0 saturated carbocycles. The van der Waals surface area contributed by atoms with Crippen molar-refractivity contribution < 1.29 is 13.2 Å². The molecule has 1 atom stereocenters. The lowest BCUT2D eigenvalue weighted by Crippen LogP contribution is -2.10. The predicted molar refractivity (Wildman–Crippen MR) is 60.2 cm³/mol. The third-order valence-corrected chi connectivity index (χ3v) is 3.92. The molecule has 2 aromatic heterocycles. The van der Waals surface area contributed by atoms with Gasteiger partial charge in [-0.05, 0) is 23.9 Å². The number of aromatic nitrogens is 2. The molecule has 0 amide bonds. The van der Waals surface area contributed by atoms with Gasteiger partial charge in [0, 0.05) is 16.4 Å². The minimum atomic E-state index is -4.38. The molecule has 0 radical (unpaired) electrons. The van der Waals surface area contributed by atoms with Crippen LogP contribution in [0, 0.1) is 6.92 Å². The normalized spacial score (nSPS) is 13.9. The molecule has 0 aliphatic carbocycles. The Balaban J connectivity index is 2.42. The van der Waals surface area contributed by atoms with Crippen LogP contribution < -0.4 is 0 Å². The fourth-order valence-electron chi connectivity index (χ4n) is 1.82. The van der Waals surface area contributed by atoms with Gasteiger partial charge >= 0.3 is 6.18 Å². The monoisotopic (exact) mass is 260 g/mol. The maximum absolute atomic E-state index is 12.7. The van der Waals surface area contributed by atoms with Crippen LogP contribution >= 0.6 is 11.3 Å². The van der Waals surface area contributed by atoms with Crippen LogP contribution in [0.2, 0.25) is 0 Å². The van der Waals surface area contributed by atoms with E-state index in [4.69, 9.17) is 0 Å². The van der Waals surface area contributed by atoms with Crippen molar-refractivity contribution in [2.45, 2.75) is 25.9 Å². The Hall–Kier alpha value is -1.30. The molecule has 2 rings (SSSR count). The van der Waals surface area contributed by atoms with Crippen LogP contribution in [0.4, 0.5) is 13.2 Å². The van der Waals surface area contributed by atoms with Gasteiger partial charge in [-0.3, -0.25) is 5.10 Å². The molecule has 0 aliphatic rings. The van der Waals surface area contributed by atoms with Crippen molar-refractivity contribution in [1.82, 2.24) is 10.2 Å². The number of hydrogen-bond acceptors (Lipinski definition) is 2. The number of nitrogens with one attached hydrogen (secondary N) is 1. The van der Waals surface area contributed by atoms with Crippen LogP contribution in [0.25, 0.3) is 0 Å². The number of rotatable bonds is 2. The van der Waals surface area contributed by atoms with Crippen molar-refractivity contribution >= 4 is 11.3 Å². The van der Waals surface area contributed by atoms with E-state index in [0.717, 1.165) is 10.4 Å². The molecule has 2 nitrogen and oxygen atoms in total. The first-order valence-corrected chi connectivity index (χ1v) is 5.93. The number of thiophene rings is 1. The maximum atomic E-state index is 12.7. The van der Waals surface area contributed by atoms with Crippen LogP contribution in [0.3, 0.4) is 0 Å². The predicted octanol–water partition coefficient (Wildman–Crippen LogP) is 3.95. The summed E-state index contributed by atoms with van der Waals surface area (Å²) in [5.41, 5.74) is 0.456. The second kappa shape index (κ2) is 4.18. The first-order valence-electron chi connectivity index (χ1n) is 5.05. The fraction of sp³-hybridized carbons (Fsp3) is 0.364. The van der Waals surface area contributed by atoms with Gasteiger partial charge in [0.15, 0.2) is 0 Å². The Kier molecular flexibility index (Phi) is 2.99. The molecule has 2 aromatic rings. The molecule has 0 fully saturated rings. The van der Waals surface area contributed by atoms with Crippen LogP contribution in [-0.2, 0) is 6.18 Å². The highest BCUT2D eigenvalue weighted by atomic mass is 32.1. The molecule has 0 saturated heterocycles. The average Bonchev–Trinajstić information content (AvgIpc) is 2.82. The highest BCUT2D eigenvalue weighted by Crippen LogP contribution is 2.38. The summed E-state index contributed by atoms with van der Waals surface area (Å²) in [6.07, 6.45) is -3.13. The van der Waals surface area contributed by atoms with E-state index < -0.39 is 11.9 Å². The lowest BCUT2D eigenvalue weighted by atomic mass is 9.98. The maximum Gasteiger partial charge on any atom is 0.433 e. The molecule has 92 valence electrons. The molecule has 0 aromatic carbocycles. The largest absolute Gasteiger partial charge is 0.433 e. The molecule has 0 spiro atoms. The molecule has 0 aliphatic heterocycles. The van der Waals surface area contributed by atoms with E-state index in [9.17, 15) is 13.2 Å². The van der Waals surface area contributed by atoms with Crippen molar-refractivity contribution in [3.8, 4) is 0 Å². The van der Waals surface area contributed by atoms with E-state index in [1.54, 1.807) is 6.92 Å². The van der Waals surface area contributed by atoms with Crippen molar-refractivity contribution in [2.24, 2.45) is 0 Å². The second-order valence-corrected chi connectivity index (χ2v) is 4.84. The van der Waals surface area contributed by atoms with Crippen molar-refractivity contribution in [3.05, 3.63) is 39.3 Å². The summed E-state index contributed by atoms with van der Waals surface area (Å²) in [4.78, 5) is 0.942. The van der Waals surface area contributed by atoms with E-state index in [1.807, 2.05) is 23.5 Å². The van der Waals surface area contributed by atoms with Gasteiger partial charge < -0.3 is 0 Å². The van der Waals surface area contributed by atoms with E-state index in [-0.39, 0.29) is 11.5 Å². The average molecular weight is 260 g/mol. The molecule has 17 heavy (non-hydrogen) atoms. The van der Waals surface area contributed by atoms with E-state index in [0.29, 0.717) is 0 Å². The van der Waals surface area contributed by atoms with Crippen LogP contribution in [0.1, 0.15) is 34.5 Å². The summed E-state index contributed by atoms with van der Waals surface area (Å²) < 4.78 is 38.1. The quantitative estimate of drug-likeness (QED) is 0.870. The second-order valence-electron chi connectivity index (χ2n) is 3.89. The van der Waals surface area contributed by atoms with Crippen LogP contribution in [0.15, 0.2) is 17.6 Å². The topological polar surface area (TPSA) is 28.7 Å². The van der Waals surface area contributed by atoms with E-state index in [2.05, 4.69) is 5.10 Å². The number of hydrogen-bond donors (Lipinski definition) is 1. The van der Waals surface area contributed by atoms with Gasteiger partial charge in [0.05, 0.1) is 6.20 Å². The first kappa shape index (κ1) is 12.2. The number of aryl methyl sites for hydroxylation is 1. The number of nitrogens with zero attached hydrogens (tertiary/aromatic N) is 1. The Morgan fingerprint density at radius 3 is 2.65 bits per heavy atom. The Morgan fingerprint density at radius 2 is 2.12 bits per heavy atom. The lowest BCUT2D eigenvalue weighted by molar-refractivity contribution is -0.141. The summed E-state index contributed by atoms with van der Waals surface area (Å²) in [7, 11) is 0. The van der Waals surface area contributed by atoms with Gasteiger partial charge in [-0.25, -0.2) is 0 Å². The van der Waals surface area contributed by atoms with Gasteiger partial charge in [0.1, 0.15) is 5.69 Å². The molecular weight excluding hydrogens is 249 g/mol. The molecule has 0 bridgehead atoms. The SMILES string of the molecule is Cc1ccsc1C(C)c1cn[nH]c1C(F)(F)F. The summed E-state index contributed by atoms with van der Waals surface area (Å²) in [5.74, 6) is -0.301. The number of aromatic amines is 1. The summed E-state index contributed by atoms with van der Waals surface area (Å²) in [6.45, 7) is 3.66.